The third kappa shape index (κ3) is 3.57. The smallest absolute Gasteiger partial charge is 0.137 e. The molecule has 0 amide bonds. The summed E-state index contributed by atoms with van der Waals surface area (Å²) in [5.41, 5.74) is 3.97. The van der Waals surface area contributed by atoms with Crippen LogP contribution in [-0.2, 0) is 0 Å². The molecule has 2 nitrogen and oxygen atoms in total. The van der Waals surface area contributed by atoms with E-state index in [1.165, 1.54) is 5.56 Å². The van der Waals surface area contributed by atoms with E-state index in [0.717, 1.165) is 19.3 Å². The van der Waals surface area contributed by atoms with E-state index >= 15 is 0 Å². The van der Waals surface area contributed by atoms with Crippen molar-refractivity contribution in [2.45, 2.75) is 13.8 Å². The Morgan fingerprint density at radius 2 is 1.95 bits per heavy atom. The molecule has 0 bridgehead atoms. The first-order chi connectivity index (χ1) is 8.97. The van der Waals surface area contributed by atoms with Crippen LogP contribution >= 0.6 is 38.5 Å². The number of rotatable bonds is 2. The highest BCUT2D eigenvalue weighted by Gasteiger charge is 2.05. The van der Waals surface area contributed by atoms with Crippen LogP contribution < -0.4 is 0 Å². The summed E-state index contributed by atoms with van der Waals surface area (Å²) in [6.07, 6.45) is 1.69. The number of hydrogen-bond acceptors (Lipinski definition) is 2. The molecule has 0 spiro atoms. The average Bonchev–Trinajstić information content (AvgIpc) is 2.33. The van der Waals surface area contributed by atoms with E-state index in [9.17, 15) is 5.11 Å². The maximum atomic E-state index is 9.99. The number of phenolic OH excluding ortho intramolecular Hbond substituents is 1. The molecule has 98 valence electrons. The molecule has 0 heterocycles. The Kier molecular flexibility index (Phi) is 4.62. The molecule has 2 aromatic carbocycles. The Bertz CT molecular complexity index is 653. The number of hydrogen-bond donors (Lipinski definition) is 1. The van der Waals surface area contributed by atoms with Crippen molar-refractivity contribution in [3.05, 3.63) is 55.1 Å². The molecule has 0 unspecified atom stereocenters. The molecule has 0 atom stereocenters. The van der Waals surface area contributed by atoms with Gasteiger partial charge in [0.25, 0.3) is 0 Å². The third-order valence-corrected chi connectivity index (χ3v) is 4.03. The largest absolute Gasteiger partial charge is 0.506 e. The Labute approximate surface area is 134 Å². The molecule has 0 radical (unpaired) electrons. The molecular weight excluding hydrogens is 417 g/mol. The minimum Gasteiger partial charge on any atom is -0.506 e. The van der Waals surface area contributed by atoms with Crippen LogP contribution in [0, 0.1) is 17.4 Å². The van der Waals surface area contributed by atoms with Gasteiger partial charge in [-0.1, -0.05) is 33.6 Å². The zero-order valence-electron chi connectivity index (χ0n) is 10.6. The Balaban J connectivity index is 2.38. The number of nitrogens with zero attached hydrogens (tertiary/aromatic N) is 1. The highest BCUT2D eigenvalue weighted by Crippen LogP contribution is 2.28. The van der Waals surface area contributed by atoms with Crippen molar-refractivity contribution in [2.75, 3.05) is 0 Å². The highest BCUT2D eigenvalue weighted by molar-refractivity contribution is 14.1. The van der Waals surface area contributed by atoms with E-state index in [-0.39, 0.29) is 5.75 Å². The summed E-state index contributed by atoms with van der Waals surface area (Å²) in [7, 11) is 0. The van der Waals surface area contributed by atoms with Crippen molar-refractivity contribution in [2.24, 2.45) is 4.99 Å². The lowest BCUT2D eigenvalue weighted by molar-refractivity contribution is 0.470. The minimum absolute atomic E-state index is 0.261. The van der Waals surface area contributed by atoms with Crippen LogP contribution in [0.25, 0.3) is 0 Å². The van der Waals surface area contributed by atoms with E-state index in [4.69, 9.17) is 0 Å². The van der Waals surface area contributed by atoms with Gasteiger partial charge >= 0.3 is 0 Å². The molecule has 2 rings (SSSR count). The molecular formula is C15H13BrINO. The average molecular weight is 430 g/mol. The predicted octanol–water partition coefficient (Wildman–Crippen LogP) is 5.13. The van der Waals surface area contributed by atoms with Gasteiger partial charge < -0.3 is 5.11 Å². The molecule has 19 heavy (non-hydrogen) atoms. The first-order valence-corrected chi connectivity index (χ1v) is 7.64. The molecule has 0 aliphatic heterocycles. The molecule has 0 aliphatic rings. The summed E-state index contributed by atoms with van der Waals surface area (Å²) < 4.78 is 1.73. The highest BCUT2D eigenvalue weighted by atomic mass is 127. The Morgan fingerprint density at radius 3 is 2.63 bits per heavy atom. The number of phenols is 1. The molecule has 0 saturated carbocycles. The lowest BCUT2D eigenvalue weighted by Gasteiger charge is -2.04. The number of aromatic hydroxyl groups is 1. The summed E-state index contributed by atoms with van der Waals surface area (Å²) >= 11 is 5.52. The first-order valence-electron chi connectivity index (χ1n) is 5.76. The normalized spacial score (nSPS) is 11.2. The van der Waals surface area contributed by atoms with Gasteiger partial charge in [0.05, 0.1) is 9.26 Å². The number of aliphatic imine (C=N–C) groups is 1. The Morgan fingerprint density at radius 1 is 1.21 bits per heavy atom. The van der Waals surface area contributed by atoms with Gasteiger partial charge in [0.1, 0.15) is 5.75 Å². The zero-order valence-corrected chi connectivity index (χ0v) is 14.4. The number of halogens is 2. The quantitative estimate of drug-likeness (QED) is 0.521. The number of aryl methyl sites for hydroxylation is 2. The van der Waals surface area contributed by atoms with Crippen LogP contribution in [0.2, 0.25) is 0 Å². The standard InChI is InChI=1S/C15H13BrINO/c1-9-3-4-14(10(2)5-9)18-8-11-6-12(16)7-13(17)15(11)19/h3-8,19H,1-2H3. The van der Waals surface area contributed by atoms with E-state index in [1.807, 2.05) is 31.2 Å². The Hall–Kier alpha value is -0.880. The van der Waals surface area contributed by atoms with Crippen molar-refractivity contribution >= 4 is 50.4 Å². The monoisotopic (exact) mass is 429 g/mol. The van der Waals surface area contributed by atoms with Crippen LogP contribution in [0.3, 0.4) is 0 Å². The van der Waals surface area contributed by atoms with Gasteiger partial charge in [-0.3, -0.25) is 4.99 Å². The van der Waals surface area contributed by atoms with Gasteiger partial charge in [-0.15, -0.1) is 0 Å². The lowest BCUT2D eigenvalue weighted by Crippen LogP contribution is -1.87. The maximum Gasteiger partial charge on any atom is 0.137 e. The molecule has 2 aromatic rings. The van der Waals surface area contributed by atoms with Crippen molar-refractivity contribution in [3.8, 4) is 5.75 Å². The van der Waals surface area contributed by atoms with E-state index in [1.54, 1.807) is 6.21 Å². The van der Waals surface area contributed by atoms with Crippen LogP contribution in [0.1, 0.15) is 16.7 Å². The van der Waals surface area contributed by atoms with Crippen LogP contribution in [0.15, 0.2) is 39.8 Å². The fourth-order valence-corrected chi connectivity index (χ4v) is 3.32. The van der Waals surface area contributed by atoms with Gasteiger partial charge in [0.15, 0.2) is 0 Å². The SMILES string of the molecule is Cc1ccc(N=Cc2cc(Br)cc(I)c2O)c(C)c1. The lowest BCUT2D eigenvalue weighted by atomic mass is 10.1. The summed E-state index contributed by atoms with van der Waals surface area (Å²) in [6, 6.07) is 9.83. The van der Waals surface area contributed by atoms with Crippen molar-refractivity contribution < 1.29 is 5.11 Å². The van der Waals surface area contributed by atoms with Gasteiger partial charge in [-0.2, -0.15) is 0 Å². The van der Waals surface area contributed by atoms with E-state index in [0.29, 0.717) is 5.56 Å². The summed E-state index contributed by atoms with van der Waals surface area (Å²) in [4.78, 5) is 4.45. The summed E-state index contributed by atoms with van der Waals surface area (Å²) in [6.45, 7) is 4.09. The predicted molar refractivity (Wildman–Crippen MR) is 91.7 cm³/mol. The fourth-order valence-electron chi connectivity index (χ4n) is 1.77. The van der Waals surface area contributed by atoms with E-state index in [2.05, 4.69) is 56.5 Å². The minimum atomic E-state index is 0.261. The number of benzene rings is 2. The van der Waals surface area contributed by atoms with E-state index < -0.39 is 0 Å². The van der Waals surface area contributed by atoms with Crippen LogP contribution in [-0.4, -0.2) is 11.3 Å². The summed E-state index contributed by atoms with van der Waals surface area (Å²) in [5.74, 6) is 0.261. The molecule has 0 aromatic heterocycles. The van der Waals surface area contributed by atoms with Gasteiger partial charge in [-0.05, 0) is 60.2 Å². The molecule has 4 heteroatoms. The van der Waals surface area contributed by atoms with Crippen molar-refractivity contribution in [1.82, 2.24) is 0 Å². The van der Waals surface area contributed by atoms with Gasteiger partial charge in [0, 0.05) is 16.3 Å². The summed E-state index contributed by atoms with van der Waals surface area (Å²) in [5, 5.41) is 9.99. The fraction of sp³-hybridized carbons (Fsp3) is 0.133. The molecule has 0 saturated heterocycles. The van der Waals surface area contributed by atoms with Gasteiger partial charge in [-0.25, -0.2) is 0 Å². The third-order valence-electron chi connectivity index (χ3n) is 2.75. The molecule has 0 fully saturated rings. The molecule has 0 aliphatic carbocycles. The zero-order chi connectivity index (χ0) is 14.0. The second-order valence-corrected chi connectivity index (χ2v) is 6.45. The molecule has 1 N–H and O–H groups in total. The second kappa shape index (κ2) is 6.05. The first kappa shape index (κ1) is 14.5. The van der Waals surface area contributed by atoms with Crippen molar-refractivity contribution in [3.63, 3.8) is 0 Å². The van der Waals surface area contributed by atoms with Crippen molar-refractivity contribution in [1.29, 1.82) is 0 Å². The maximum absolute atomic E-state index is 9.99. The second-order valence-electron chi connectivity index (χ2n) is 4.37. The van der Waals surface area contributed by atoms with Gasteiger partial charge in [0.2, 0.25) is 0 Å². The van der Waals surface area contributed by atoms with Crippen LogP contribution in [0.4, 0.5) is 5.69 Å². The topological polar surface area (TPSA) is 32.6 Å². The van der Waals surface area contributed by atoms with Crippen LogP contribution in [0.5, 0.6) is 5.75 Å².